The predicted molar refractivity (Wildman–Crippen MR) is 116 cm³/mol. The average molecular weight is 457 g/mol. The first kappa shape index (κ1) is 22.9. The zero-order valence-corrected chi connectivity index (χ0v) is 18.1. The number of hydrogen-bond acceptors (Lipinski definition) is 7. The molecule has 0 atom stereocenters. The molecule has 0 saturated carbocycles. The van der Waals surface area contributed by atoms with Gasteiger partial charge in [0.1, 0.15) is 17.1 Å². The third-order valence-corrected chi connectivity index (χ3v) is 5.20. The highest BCUT2D eigenvalue weighted by atomic mass is 32.1. The van der Waals surface area contributed by atoms with Crippen LogP contribution in [0, 0.1) is 5.82 Å². The zero-order valence-electron chi connectivity index (χ0n) is 17.3. The fraction of sp³-hybridized carbons (Fsp3) is 0.182. The summed E-state index contributed by atoms with van der Waals surface area (Å²) in [5.41, 5.74) is 1.32. The van der Waals surface area contributed by atoms with Crippen molar-refractivity contribution < 1.29 is 28.2 Å². The van der Waals surface area contributed by atoms with Crippen molar-refractivity contribution in [1.29, 1.82) is 0 Å². The molecule has 32 heavy (non-hydrogen) atoms. The van der Waals surface area contributed by atoms with Gasteiger partial charge in [-0.25, -0.2) is 14.2 Å². The van der Waals surface area contributed by atoms with Crippen molar-refractivity contribution in [2.45, 2.75) is 13.0 Å². The summed E-state index contributed by atoms with van der Waals surface area (Å²) in [6.07, 6.45) is -0.00786. The zero-order chi connectivity index (χ0) is 23.1. The quantitative estimate of drug-likeness (QED) is 0.503. The fourth-order valence-electron chi connectivity index (χ4n) is 2.82. The van der Waals surface area contributed by atoms with Crippen LogP contribution in [0.3, 0.4) is 0 Å². The molecule has 0 bridgehead atoms. The molecule has 166 valence electrons. The molecule has 0 aliphatic heterocycles. The molecule has 0 aliphatic carbocycles. The van der Waals surface area contributed by atoms with Gasteiger partial charge in [0.05, 0.1) is 31.9 Å². The van der Waals surface area contributed by atoms with E-state index in [4.69, 9.17) is 9.47 Å². The average Bonchev–Trinajstić information content (AvgIpc) is 3.23. The molecule has 1 heterocycles. The Morgan fingerprint density at radius 2 is 1.88 bits per heavy atom. The number of halogens is 1. The molecule has 0 fully saturated rings. The molecule has 2 amide bonds. The van der Waals surface area contributed by atoms with Crippen molar-refractivity contribution in [1.82, 2.24) is 10.3 Å². The lowest BCUT2D eigenvalue weighted by molar-refractivity contribution is -0.120. The maximum Gasteiger partial charge on any atom is 0.341 e. The van der Waals surface area contributed by atoms with E-state index in [1.54, 1.807) is 29.6 Å². The third-order valence-electron chi connectivity index (χ3n) is 4.39. The summed E-state index contributed by atoms with van der Waals surface area (Å²) in [5, 5.41) is 7.17. The second-order valence-corrected chi connectivity index (χ2v) is 7.42. The Morgan fingerprint density at radius 3 is 2.59 bits per heavy atom. The molecule has 3 aromatic rings. The van der Waals surface area contributed by atoms with E-state index >= 15 is 0 Å². The number of carbonyl (C=O) groups excluding carboxylic acids is 3. The fourth-order valence-corrected chi connectivity index (χ4v) is 3.52. The third kappa shape index (κ3) is 5.67. The van der Waals surface area contributed by atoms with Crippen molar-refractivity contribution in [2.24, 2.45) is 0 Å². The molecule has 8 nitrogen and oxygen atoms in total. The maximum absolute atomic E-state index is 13.7. The second kappa shape index (κ2) is 10.5. The largest absolute Gasteiger partial charge is 0.496 e. The van der Waals surface area contributed by atoms with Crippen LogP contribution in [0.4, 0.5) is 9.52 Å². The van der Waals surface area contributed by atoms with E-state index in [0.29, 0.717) is 17.0 Å². The first-order valence-electron chi connectivity index (χ1n) is 9.43. The number of ether oxygens (including phenoxy) is 2. The van der Waals surface area contributed by atoms with Gasteiger partial charge in [0.2, 0.25) is 5.91 Å². The molecule has 1 aromatic heterocycles. The molecular formula is C22H20FN3O5S. The smallest absolute Gasteiger partial charge is 0.341 e. The highest BCUT2D eigenvalue weighted by Crippen LogP contribution is 2.21. The molecule has 2 aromatic carbocycles. The minimum absolute atomic E-state index is 0.00786. The number of thiazole rings is 1. The molecular weight excluding hydrogens is 437 g/mol. The summed E-state index contributed by atoms with van der Waals surface area (Å²) in [6, 6.07) is 10.6. The van der Waals surface area contributed by atoms with Crippen LogP contribution in [-0.2, 0) is 22.5 Å². The Labute approximate surface area is 187 Å². The summed E-state index contributed by atoms with van der Waals surface area (Å²) in [4.78, 5) is 40.5. The van der Waals surface area contributed by atoms with Crippen LogP contribution in [0.1, 0.15) is 32.0 Å². The monoisotopic (exact) mass is 457 g/mol. The van der Waals surface area contributed by atoms with Crippen LogP contribution >= 0.6 is 11.3 Å². The minimum Gasteiger partial charge on any atom is -0.496 e. The van der Waals surface area contributed by atoms with Gasteiger partial charge in [-0.1, -0.05) is 18.2 Å². The molecule has 0 spiro atoms. The number of rotatable bonds is 8. The van der Waals surface area contributed by atoms with Gasteiger partial charge in [0.25, 0.3) is 5.91 Å². The van der Waals surface area contributed by atoms with Crippen molar-refractivity contribution >= 4 is 34.3 Å². The molecule has 0 unspecified atom stereocenters. The summed E-state index contributed by atoms with van der Waals surface area (Å²) in [6.45, 7) is 0.188. The highest BCUT2D eigenvalue weighted by molar-refractivity contribution is 7.14. The lowest BCUT2D eigenvalue weighted by Crippen LogP contribution is -2.25. The van der Waals surface area contributed by atoms with Gasteiger partial charge in [0, 0.05) is 11.9 Å². The van der Waals surface area contributed by atoms with Gasteiger partial charge in [0.15, 0.2) is 5.13 Å². The Balaban J connectivity index is 1.56. The SMILES string of the molecule is COC(=O)c1cc(CNC(=O)Cc2csc(NC(=O)c3ccccc3F)n2)ccc1OC. The lowest BCUT2D eigenvalue weighted by Gasteiger charge is -2.10. The number of hydrogen-bond donors (Lipinski definition) is 2. The van der Waals surface area contributed by atoms with E-state index in [0.717, 1.165) is 11.3 Å². The predicted octanol–water partition coefficient (Wildman–Crippen LogP) is 3.19. The van der Waals surface area contributed by atoms with Crippen molar-refractivity contribution in [3.8, 4) is 5.75 Å². The summed E-state index contributed by atoms with van der Waals surface area (Å²) < 4.78 is 23.6. The first-order valence-corrected chi connectivity index (χ1v) is 10.3. The molecule has 3 rings (SSSR count). The number of nitrogens with one attached hydrogen (secondary N) is 2. The van der Waals surface area contributed by atoms with Gasteiger partial charge < -0.3 is 14.8 Å². The normalized spacial score (nSPS) is 10.3. The number of amides is 2. The Bertz CT molecular complexity index is 1150. The lowest BCUT2D eigenvalue weighted by atomic mass is 10.1. The number of esters is 1. The molecule has 0 saturated heterocycles. The number of anilines is 1. The number of aromatic nitrogens is 1. The van der Waals surface area contributed by atoms with Crippen molar-refractivity contribution in [3.63, 3.8) is 0 Å². The Morgan fingerprint density at radius 1 is 1.09 bits per heavy atom. The van der Waals surface area contributed by atoms with Crippen LogP contribution in [0.5, 0.6) is 5.75 Å². The summed E-state index contributed by atoms with van der Waals surface area (Å²) >= 11 is 1.14. The minimum atomic E-state index is -0.630. The van der Waals surface area contributed by atoms with E-state index in [1.165, 1.54) is 32.4 Å². The van der Waals surface area contributed by atoms with Crippen LogP contribution in [-0.4, -0.2) is 37.0 Å². The number of benzene rings is 2. The number of carbonyl (C=O) groups is 3. The first-order chi connectivity index (χ1) is 15.4. The van der Waals surface area contributed by atoms with E-state index in [9.17, 15) is 18.8 Å². The maximum atomic E-state index is 13.7. The van der Waals surface area contributed by atoms with Gasteiger partial charge in [-0.15, -0.1) is 11.3 Å². The van der Waals surface area contributed by atoms with Gasteiger partial charge in [-0.3, -0.25) is 14.9 Å². The van der Waals surface area contributed by atoms with Crippen LogP contribution in [0.15, 0.2) is 47.8 Å². The molecule has 0 aliphatic rings. The molecule has 10 heteroatoms. The summed E-state index contributed by atoms with van der Waals surface area (Å²) in [5.74, 6) is -1.70. The van der Waals surface area contributed by atoms with Crippen LogP contribution in [0.25, 0.3) is 0 Å². The molecule has 2 N–H and O–H groups in total. The van der Waals surface area contributed by atoms with Crippen LogP contribution < -0.4 is 15.4 Å². The Kier molecular flexibility index (Phi) is 7.50. The standard InChI is InChI=1S/C22H20FN3O5S/c1-30-18-8-7-13(9-16(18)21(29)31-2)11-24-19(27)10-14-12-32-22(25-14)26-20(28)15-5-3-4-6-17(15)23/h3-9,12H,10-11H2,1-2H3,(H,24,27)(H,25,26,28). The van der Waals surface area contributed by atoms with Gasteiger partial charge >= 0.3 is 5.97 Å². The topological polar surface area (TPSA) is 107 Å². The second-order valence-electron chi connectivity index (χ2n) is 6.56. The van der Waals surface area contributed by atoms with E-state index in [1.807, 2.05) is 0 Å². The Hall–Kier alpha value is -3.79. The number of nitrogens with zero attached hydrogens (tertiary/aromatic N) is 1. The highest BCUT2D eigenvalue weighted by Gasteiger charge is 2.15. The van der Waals surface area contributed by atoms with E-state index in [2.05, 4.69) is 15.6 Å². The van der Waals surface area contributed by atoms with Crippen LogP contribution in [0.2, 0.25) is 0 Å². The van der Waals surface area contributed by atoms with Gasteiger partial charge in [-0.2, -0.15) is 0 Å². The van der Waals surface area contributed by atoms with E-state index in [-0.39, 0.29) is 35.1 Å². The van der Waals surface area contributed by atoms with Gasteiger partial charge in [-0.05, 0) is 29.8 Å². The summed E-state index contributed by atoms with van der Waals surface area (Å²) in [7, 11) is 2.72. The number of methoxy groups -OCH3 is 2. The van der Waals surface area contributed by atoms with Crippen molar-refractivity contribution in [2.75, 3.05) is 19.5 Å². The van der Waals surface area contributed by atoms with Crippen molar-refractivity contribution in [3.05, 3.63) is 76.0 Å². The molecule has 0 radical (unpaired) electrons. The van der Waals surface area contributed by atoms with E-state index < -0.39 is 17.7 Å².